The molecule has 1 aromatic carbocycles. The minimum Gasteiger partial charge on any atom is -0.299 e. The molecule has 0 radical (unpaired) electrons. The Morgan fingerprint density at radius 2 is 2.04 bits per heavy atom. The van der Waals surface area contributed by atoms with Crippen molar-refractivity contribution >= 4 is 17.9 Å². The lowest BCUT2D eigenvalue weighted by Crippen LogP contribution is -2.37. The van der Waals surface area contributed by atoms with Gasteiger partial charge in [-0.1, -0.05) is 54.0 Å². The molecular formula is C25H24O. The number of hydrogen-bond donors (Lipinski definition) is 0. The third kappa shape index (κ3) is 1.43. The van der Waals surface area contributed by atoms with Gasteiger partial charge in [0.1, 0.15) is 5.78 Å². The van der Waals surface area contributed by atoms with Crippen LogP contribution in [0.15, 0.2) is 40.5 Å². The summed E-state index contributed by atoms with van der Waals surface area (Å²) in [6.45, 7) is 2.47. The Balaban J connectivity index is 1.68. The van der Waals surface area contributed by atoms with Crippen LogP contribution < -0.4 is 10.4 Å². The van der Waals surface area contributed by atoms with Crippen LogP contribution in [-0.4, -0.2) is 5.78 Å². The van der Waals surface area contributed by atoms with Crippen LogP contribution in [0.5, 0.6) is 0 Å². The number of ketones is 1. The molecule has 26 heavy (non-hydrogen) atoms. The number of rotatable bonds is 0. The number of allylic oxidation sites excluding steroid dienone is 4. The first-order valence-corrected chi connectivity index (χ1v) is 10.5. The zero-order valence-corrected chi connectivity index (χ0v) is 15.3. The molecule has 0 aromatic heterocycles. The minimum absolute atomic E-state index is 0.0219. The highest BCUT2D eigenvalue weighted by Crippen LogP contribution is 2.70. The largest absolute Gasteiger partial charge is 0.299 e. The Kier molecular flexibility index (Phi) is 2.36. The smallest absolute Gasteiger partial charge is 0.144 e. The number of hydrogen-bond acceptors (Lipinski definition) is 1. The second kappa shape index (κ2) is 4.32. The Morgan fingerprint density at radius 3 is 2.96 bits per heavy atom. The van der Waals surface area contributed by atoms with Crippen molar-refractivity contribution in [3.63, 3.8) is 0 Å². The summed E-state index contributed by atoms with van der Waals surface area (Å²) < 4.78 is 0. The molecule has 11 bridgehead atoms. The first kappa shape index (κ1) is 14.2. The molecule has 7 aliphatic carbocycles. The van der Waals surface area contributed by atoms with E-state index in [1.54, 1.807) is 5.57 Å². The molecule has 5 unspecified atom stereocenters. The summed E-state index contributed by atoms with van der Waals surface area (Å²) in [6.07, 6.45) is 11.8. The number of carbonyl (C=O) groups excluding carboxylic acids is 1. The average Bonchev–Trinajstić information content (AvgIpc) is 3.29. The molecule has 1 aromatic rings. The summed E-state index contributed by atoms with van der Waals surface area (Å²) in [5.74, 6) is 2.61. The molecular weight excluding hydrogens is 316 g/mol. The van der Waals surface area contributed by atoms with Crippen LogP contribution in [0.25, 0.3) is 12.2 Å². The Bertz CT molecular complexity index is 1100. The average molecular weight is 340 g/mol. The predicted molar refractivity (Wildman–Crippen MR) is 103 cm³/mol. The van der Waals surface area contributed by atoms with Crippen LogP contribution >= 0.6 is 0 Å². The predicted octanol–water partition coefficient (Wildman–Crippen LogP) is 3.77. The van der Waals surface area contributed by atoms with Crippen molar-refractivity contribution in [3.8, 4) is 0 Å². The van der Waals surface area contributed by atoms with Crippen LogP contribution in [-0.2, 0) is 4.79 Å². The van der Waals surface area contributed by atoms with Crippen molar-refractivity contribution in [1.29, 1.82) is 0 Å². The third-order valence-electron chi connectivity index (χ3n) is 8.67. The number of Topliss-reactive ketones (excluding diaryl/α,β-unsaturated/α-hetero) is 1. The Labute approximate surface area is 154 Å². The maximum Gasteiger partial charge on any atom is 0.144 e. The van der Waals surface area contributed by atoms with Gasteiger partial charge in [0.2, 0.25) is 0 Å². The van der Waals surface area contributed by atoms with E-state index in [0.29, 0.717) is 17.1 Å². The second-order valence-corrected chi connectivity index (χ2v) is 9.69. The van der Waals surface area contributed by atoms with Gasteiger partial charge in [-0.05, 0) is 65.5 Å². The molecule has 1 nitrogen and oxygen atoms in total. The molecule has 130 valence electrons. The number of benzene rings is 1. The molecule has 0 heterocycles. The molecule has 0 aliphatic heterocycles. The summed E-state index contributed by atoms with van der Waals surface area (Å²) in [6, 6.07) is 7.13. The summed E-state index contributed by atoms with van der Waals surface area (Å²) in [4.78, 5) is 12.8. The van der Waals surface area contributed by atoms with Gasteiger partial charge in [-0.2, -0.15) is 0 Å². The van der Waals surface area contributed by atoms with Gasteiger partial charge in [0.25, 0.3) is 0 Å². The lowest BCUT2D eigenvalue weighted by Gasteiger charge is -2.39. The van der Waals surface area contributed by atoms with Gasteiger partial charge < -0.3 is 0 Å². The van der Waals surface area contributed by atoms with Gasteiger partial charge in [-0.15, -0.1) is 0 Å². The minimum atomic E-state index is 0.0219. The van der Waals surface area contributed by atoms with E-state index in [2.05, 4.69) is 37.3 Å². The number of fused-ring (bicyclic) bond motifs is 2. The molecule has 1 fully saturated rings. The van der Waals surface area contributed by atoms with Crippen LogP contribution in [0, 0.1) is 23.2 Å². The van der Waals surface area contributed by atoms with E-state index in [4.69, 9.17) is 0 Å². The van der Waals surface area contributed by atoms with Gasteiger partial charge in [0, 0.05) is 17.8 Å². The quantitative estimate of drug-likeness (QED) is 0.657. The fraction of sp³-hybridized carbons (Fsp3) is 0.480. The lowest BCUT2D eigenvalue weighted by atomic mass is 9.64. The summed E-state index contributed by atoms with van der Waals surface area (Å²) >= 11 is 0. The zero-order valence-electron chi connectivity index (χ0n) is 15.3. The van der Waals surface area contributed by atoms with Crippen molar-refractivity contribution in [2.75, 3.05) is 0 Å². The van der Waals surface area contributed by atoms with E-state index < -0.39 is 0 Å². The monoisotopic (exact) mass is 340 g/mol. The molecule has 1 spiro atoms. The van der Waals surface area contributed by atoms with Crippen molar-refractivity contribution in [2.24, 2.45) is 23.2 Å². The highest BCUT2D eigenvalue weighted by molar-refractivity contribution is 5.95. The van der Waals surface area contributed by atoms with E-state index >= 15 is 0 Å². The van der Waals surface area contributed by atoms with Crippen LogP contribution in [0.1, 0.15) is 56.9 Å². The van der Waals surface area contributed by atoms with Gasteiger partial charge in [-0.25, -0.2) is 0 Å². The summed E-state index contributed by atoms with van der Waals surface area (Å²) in [7, 11) is 0. The maximum absolute atomic E-state index is 12.8. The van der Waals surface area contributed by atoms with E-state index in [1.165, 1.54) is 47.3 Å². The van der Waals surface area contributed by atoms with E-state index in [-0.39, 0.29) is 5.92 Å². The maximum atomic E-state index is 12.8. The van der Waals surface area contributed by atoms with E-state index in [0.717, 1.165) is 24.7 Å². The molecule has 0 N–H and O–H groups in total. The SMILES string of the molecule is CC1CC2=C3C4CCC2(C4)C2=C4C=c5ccc(cc5=CC4C(=O)CC2)C31. The highest BCUT2D eigenvalue weighted by atomic mass is 16.1. The standard InChI is InChI=1S/C25H24O/c1-13-8-21-24-16-6-7-25(21,12-16)20-4-5-22(26)19-11-17-9-15(23(13)24)3-2-14(17)10-18(19)20/h2-3,9-11,13,16,19,23H,4-8,12H2,1H3. The van der Waals surface area contributed by atoms with Crippen molar-refractivity contribution in [3.05, 3.63) is 56.5 Å². The van der Waals surface area contributed by atoms with Gasteiger partial charge >= 0.3 is 0 Å². The van der Waals surface area contributed by atoms with Crippen molar-refractivity contribution in [1.82, 2.24) is 0 Å². The Hall–Kier alpha value is -1.89. The molecule has 0 saturated heterocycles. The zero-order chi connectivity index (χ0) is 17.2. The lowest BCUT2D eigenvalue weighted by molar-refractivity contribution is -0.120. The van der Waals surface area contributed by atoms with Gasteiger partial charge in [0.15, 0.2) is 0 Å². The van der Waals surface area contributed by atoms with Crippen LogP contribution in [0.2, 0.25) is 0 Å². The fourth-order valence-electron chi connectivity index (χ4n) is 7.77. The molecule has 8 rings (SSSR count). The van der Waals surface area contributed by atoms with Gasteiger partial charge in [0.05, 0.1) is 5.92 Å². The van der Waals surface area contributed by atoms with E-state index in [1.807, 2.05) is 11.1 Å². The van der Waals surface area contributed by atoms with Crippen LogP contribution in [0.3, 0.4) is 0 Å². The molecule has 1 heteroatoms. The molecule has 5 atom stereocenters. The van der Waals surface area contributed by atoms with Crippen molar-refractivity contribution in [2.45, 2.75) is 51.4 Å². The van der Waals surface area contributed by atoms with Crippen molar-refractivity contribution < 1.29 is 4.79 Å². The van der Waals surface area contributed by atoms with E-state index in [9.17, 15) is 4.79 Å². The Morgan fingerprint density at radius 1 is 1.12 bits per heavy atom. The topological polar surface area (TPSA) is 17.1 Å². The third-order valence-corrected chi connectivity index (χ3v) is 8.67. The first-order valence-electron chi connectivity index (χ1n) is 10.5. The fourth-order valence-corrected chi connectivity index (χ4v) is 7.77. The normalized spacial score (nSPS) is 40.9. The highest BCUT2D eigenvalue weighted by Gasteiger charge is 2.58. The van der Waals surface area contributed by atoms with Gasteiger partial charge in [-0.3, -0.25) is 4.79 Å². The summed E-state index contributed by atoms with van der Waals surface area (Å²) in [5.41, 5.74) is 8.50. The number of carbonyl (C=O) groups is 1. The van der Waals surface area contributed by atoms with Crippen LogP contribution in [0.4, 0.5) is 0 Å². The second-order valence-electron chi connectivity index (χ2n) is 9.69. The summed E-state index contributed by atoms with van der Waals surface area (Å²) in [5, 5.41) is 2.63. The molecule has 0 amide bonds. The molecule has 7 aliphatic rings. The molecule has 1 saturated carbocycles. The first-order chi connectivity index (χ1) is 12.7.